The van der Waals surface area contributed by atoms with Crippen molar-refractivity contribution in [1.29, 1.82) is 0 Å². The number of aromatic nitrogens is 4. The summed E-state index contributed by atoms with van der Waals surface area (Å²) in [5.41, 5.74) is 1.68. The highest BCUT2D eigenvalue weighted by Gasteiger charge is 2.19. The summed E-state index contributed by atoms with van der Waals surface area (Å²) in [6.45, 7) is 8.65. The van der Waals surface area contributed by atoms with Gasteiger partial charge in [-0.1, -0.05) is 19.6 Å². The van der Waals surface area contributed by atoms with Gasteiger partial charge in [0.1, 0.15) is 24.3 Å². The summed E-state index contributed by atoms with van der Waals surface area (Å²) < 4.78 is 19.3. The molecular weight excluding hydrogens is 450 g/mol. The molecule has 0 spiro atoms. The lowest BCUT2D eigenvalue weighted by Crippen LogP contribution is -2.40. The summed E-state index contributed by atoms with van der Waals surface area (Å²) >= 11 is 0. The van der Waals surface area contributed by atoms with Gasteiger partial charge in [-0.15, -0.1) is 0 Å². The Labute approximate surface area is 200 Å². The van der Waals surface area contributed by atoms with Gasteiger partial charge in [0.15, 0.2) is 0 Å². The molecule has 3 aromatic heterocycles. The minimum absolute atomic E-state index is 0.0615. The van der Waals surface area contributed by atoms with Gasteiger partial charge in [0.05, 0.1) is 30.3 Å². The zero-order valence-corrected chi connectivity index (χ0v) is 20.9. The van der Waals surface area contributed by atoms with Crippen LogP contribution in [0, 0.1) is 0 Å². The lowest BCUT2D eigenvalue weighted by molar-refractivity contribution is -0.123. The van der Waals surface area contributed by atoms with Crippen molar-refractivity contribution in [3.8, 4) is 28.8 Å². The minimum atomic E-state index is -1.12. The highest BCUT2D eigenvalue weighted by Crippen LogP contribution is 2.25. The van der Waals surface area contributed by atoms with Crippen LogP contribution in [0.15, 0.2) is 48.9 Å². The van der Waals surface area contributed by atoms with Crippen LogP contribution in [-0.2, 0) is 16.3 Å². The van der Waals surface area contributed by atoms with Crippen molar-refractivity contribution in [2.45, 2.75) is 51.4 Å². The average Bonchev–Trinajstić information content (AvgIpc) is 3.28. The van der Waals surface area contributed by atoms with Crippen LogP contribution in [0.5, 0.6) is 17.4 Å². The van der Waals surface area contributed by atoms with E-state index in [1.54, 1.807) is 30.7 Å². The predicted octanol–water partition coefficient (Wildman–Crippen LogP) is 4.10. The van der Waals surface area contributed by atoms with E-state index in [0.717, 1.165) is 24.0 Å². The van der Waals surface area contributed by atoms with Crippen molar-refractivity contribution in [2.75, 3.05) is 13.2 Å². The molecule has 0 unspecified atom stereocenters. The number of nitrogens with zero attached hydrogens (tertiary/aromatic N) is 4. The molecule has 0 saturated carbocycles. The van der Waals surface area contributed by atoms with Crippen molar-refractivity contribution in [2.24, 2.45) is 0 Å². The monoisotopic (exact) mass is 481 g/mol. The van der Waals surface area contributed by atoms with E-state index < -0.39 is 8.07 Å². The van der Waals surface area contributed by atoms with Crippen LogP contribution in [-0.4, -0.2) is 53.0 Å². The third-order valence-electron chi connectivity index (χ3n) is 5.38. The Bertz CT molecular complexity index is 1070. The normalized spacial score (nSPS) is 16.2. The number of carbonyl (C=O) groups excluding carboxylic acids is 1. The van der Waals surface area contributed by atoms with E-state index in [9.17, 15) is 4.79 Å². The SMILES string of the molecule is C[Si](C)(C)CCOCn1nccc1-c1ccc(Oc2ccc(O[C@@H]3CCC(=O)NC3)nc2)cn1. The van der Waals surface area contributed by atoms with Crippen molar-refractivity contribution < 1.29 is 19.0 Å². The molecular formula is C24H31N5O4Si. The summed E-state index contributed by atoms with van der Waals surface area (Å²) in [6, 6.07) is 10.4. The van der Waals surface area contributed by atoms with Crippen LogP contribution in [0.25, 0.3) is 11.4 Å². The van der Waals surface area contributed by atoms with Crippen molar-refractivity contribution in [3.63, 3.8) is 0 Å². The van der Waals surface area contributed by atoms with Crippen LogP contribution in [0.1, 0.15) is 12.8 Å². The fourth-order valence-corrected chi connectivity index (χ4v) is 4.15. The molecule has 1 aliphatic rings. The largest absolute Gasteiger partial charge is 0.472 e. The average molecular weight is 482 g/mol. The molecule has 10 heteroatoms. The van der Waals surface area contributed by atoms with Crippen LogP contribution in [0.4, 0.5) is 0 Å². The minimum Gasteiger partial charge on any atom is -0.472 e. The Morgan fingerprint density at radius 1 is 1.09 bits per heavy atom. The first-order valence-electron chi connectivity index (χ1n) is 11.5. The zero-order valence-electron chi connectivity index (χ0n) is 19.9. The van der Waals surface area contributed by atoms with E-state index >= 15 is 0 Å². The fraction of sp³-hybridized carbons (Fsp3) is 0.417. The van der Waals surface area contributed by atoms with E-state index in [4.69, 9.17) is 14.2 Å². The molecule has 1 aliphatic heterocycles. The quantitative estimate of drug-likeness (QED) is 0.344. The number of rotatable bonds is 10. The van der Waals surface area contributed by atoms with Crippen molar-refractivity contribution >= 4 is 14.0 Å². The molecule has 0 aromatic carbocycles. The number of hydrogen-bond acceptors (Lipinski definition) is 7. The highest BCUT2D eigenvalue weighted by atomic mass is 28.3. The van der Waals surface area contributed by atoms with E-state index in [1.165, 1.54) is 0 Å². The molecule has 9 nitrogen and oxygen atoms in total. The lowest BCUT2D eigenvalue weighted by atomic mass is 10.1. The second-order valence-electron chi connectivity index (χ2n) is 9.46. The second kappa shape index (κ2) is 10.8. The molecule has 3 aromatic rings. The molecule has 1 amide bonds. The number of piperidine rings is 1. The van der Waals surface area contributed by atoms with Crippen LogP contribution in [0.3, 0.4) is 0 Å². The third-order valence-corrected chi connectivity index (χ3v) is 7.08. The van der Waals surface area contributed by atoms with Crippen LogP contribution in [0.2, 0.25) is 25.7 Å². The van der Waals surface area contributed by atoms with E-state index in [-0.39, 0.29) is 12.0 Å². The maximum absolute atomic E-state index is 11.3. The van der Waals surface area contributed by atoms with Gasteiger partial charge in [-0.2, -0.15) is 5.10 Å². The molecule has 0 aliphatic carbocycles. The smallest absolute Gasteiger partial charge is 0.220 e. The Kier molecular flexibility index (Phi) is 7.58. The highest BCUT2D eigenvalue weighted by molar-refractivity contribution is 6.76. The van der Waals surface area contributed by atoms with Gasteiger partial charge in [-0.3, -0.25) is 9.78 Å². The first kappa shape index (κ1) is 23.9. The molecule has 1 fully saturated rings. The van der Waals surface area contributed by atoms with Gasteiger partial charge in [-0.25, -0.2) is 9.67 Å². The maximum atomic E-state index is 11.3. The first-order chi connectivity index (χ1) is 16.4. The Morgan fingerprint density at radius 2 is 1.88 bits per heavy atom. The Hall–Kier alpha value is -3.24. The molecule has 0 radical (unpaired) electrons. The summed E-state index contributed by atoms with van der Waals surface area (Å²) in [7, 11) is -1.12. The molecule has 0 bridgehead atoms. The molecule has 34 heavy (non-hydrogen) atoms. The Balaban J connectivity index is 1.30. The Morgan fingerprint density at radius 3 is 2.53 bits per heavy atom. The zero-order chi connectivity index (χ0) is 24.0. The van der Waals surface area contributed by atoms with Gasteiger partial charge >= 0.3 is 0 Å². The number of hydrogen-bond donors (Lipinski definition) is 1. The first-order valence-corrected chi connectivity index (χ1v) is 15.2. The number of carbonyl (C=O) groups is 1. The maximum Gasteiger partial charge on any atom is 0.220 e. The summed E-state index contributed by atoms with van der Waals surface area (Å²) in [5.74, 6) is 1.75. The topological polar surface area (TPSA) is 100 Å². The summed E-state index contributed by atoms with van der Waals surface area (Å²) in [5, 5.41) is 7.16. The van der Waals surface area contributed by atoms with Gasteiger partial charge in [-0.05, 0) is 36.7 Å². The molecule has 4 rings (SSSR count). The van der Waals surface area contributed by atoms with Crippen LogP contribution < -0.4 is 14.8 Å². The summed E-state index contributed by atoms with van der Waals surface area (Å²) in [4.78, 5) is 20.1. The van der Waals surface area contributed by atoms with E-state index in [1.807, 2.05) is 22.9 Å². The molecule has 1 N–H and O–H groups in total. The molecule has 1 saturated heterocycles. The molecule has 180 valence electrons. The van der Waals surface area contributed by atoms with E-state index in [0.29, 0.717) is 43.5 Å². The predicted molar refractivity (Wildman–Crippen MR) is 131 cm³/mol. The van der Waals surface area contributed by atoms with Gasteiger partial charge < -0.3 is 19.5 Å². The fourth-order valence-electron chi connectivity index (χ4n) is 3.39. The lowest BCUT2D eigenvalue weighted by Gasteiger charge is -2.22. The van der Waals surface area contributed by atoms with Crippen LogP contribution >= 0.6 is 0 Å². The number of amides is 1. The number of nitrogens with one attached hydrogen (secondary N) is 1. The third kappa shape index (κ3) is 6.88. The molecule has 4 heterocycles. The number of ether oxygens (including phenoxy) is 3. The summed E-state index contributed by atoms with van der Waals surface area (Å²) in [6.07, 6.45) is 6.13. The van der Waals surface area contributed by atoms with Gasteiger partial charge in [0.2, 0.25) is 11.8 Å². The van der Waals surface area contributed by atoms with Gasteiger partial charge in [0, 0.05) is 33.4 Å². The second-order valence-corrected chi connectivity index (χ2v) is 15.1. The standard InChI is InChI=1S/C24H31N5O4Si/c1-34(2,3)13-12-31-17-29-22(10-11-28-29)21-7-4-18(14-25-21)32-19-6-9-24(27-16-19)33-20-5-8-23(30)26-15-20/h4,6-7,9-11,14,16,20H,5,8,12-13,15,17H2,1-3H3,(H,26,30)/t20-/m1/s1. The van der Waals surface area contributed by atoms with E-state index in [2.05, 4.69) is 40.0 Å². The van der Waals surface area contributed by atoms with Gasteiger partial charge in [0.25, 0.3) is 0 Å². The van der Waals surface area contributed by atoms with Crippen molar-refractivity contribution in [1.82, 2.24) is 25.1 Å². The van der Waals surface area contributed by atoms with Crippen molar-refractivity contribution in [3.05, 3.63) is 48.9 Å². The number of pyridine rings is 2. The molecule has 1 atom stereocenters.